The van der Waals surface area contributed by atoms with E-state index < -0.39 is 0 Å². The van der Waals surface area contributed by atoms with Crippen LogP contribution in [0.1, 0.15) is 46.5 Å². The quantitative estimate of drug-likeness (QED) is 0.705. The molecular weight excluding hydrogens is 228 g/mol. The normalized spacial score (nSPS) is 21.9. The fourth-order valence-electron chi connectivity index (χ4n) is 2.51. The molecule has 0 saturated carbocycles. The summed E-state index contributed by atoms with van der Waals surface area (Å²) in [5, 5.41) is 3.54. The summed E-state index contributed by atoms with van der Waals surface area (Å²) in [5.41, 5.74) is 0. The Morgan fingerprint density at radius 1 is 1.44 bits per heavy atom. The van der Waals surface area contributed by atoms with E-state index in [0.717, 1.165) is 26.1 Å². The number of carbonyl (C=O) groups is 1. The molecule has 1 rings (SSSR count). The van der Waals surface area contributed by atoms with E-state index in [0.29, 0.717) is 12.6 Å². The van der Waals surface area contributed by atoms with E-state index >= 15 is 0 Å². The van der Waals surface area contributed by atoms with Gasteiger partial charge in [-0.1, -0.05) is 13.3 Å². The van der Waals surface area contributed by atoms with E-state index in [4.69, 9.17) is 4.74 Å². The van der Waals surface area contributed by atoms with Crippen LogP contribution in [-0.2, 0) is 9.53 Å². The lowest BCUT2D eigenvalue weighted by atomic mass is 10.0. The van der Waals surface area contributed by atoms with Crippen LogP contribution in [0.5, 0.6) is 0 Å². The Hall–Kier alpha value is -0.610. The molecule has 0 aromatic carbocycles. The first-order valence-electron chi connectivity index (χ1n) is 7.33. The maximum Gasteiger partial charge on any atom is 0.323 e. The molecule has 4 heteroatoms. The standard InChI is InChI=1S/C14H28N2O2/c1-4-10-16(12(3)14(17)18-5-2)11-13-8-6-7-9-15-13/h12-13,15H,4-11H2,1-3H3. The van der Waals surface area contributed by atoms with Gasteiger partial charge in [0.05, 0.1) is 6.61 Å². The van der Waals surface area contributed by atoms with E-state index in [2.05, 4.69) is 17.1 Å². The largest absolute Gasteiger partial charge is 0.465 e. The highest BCUT2D eigenvalue weighted by molar-refractivity contribution is 5.75. The fourth-order valence-corrected chi connectivity index (χ4v) is 2.51. The molecule has 0 aromatic rings. The molecule has 18 heavy (non-hydrogen) atoms. The number of ether oxygens (including phenoxy) is 1. The number of carbonyl (C=O) groups excluding carboxylic acids is 1. The van der Waals surface area contributed by atoms with Crippen molar-refractivity contribution in [3.8, 4) is 0 Å². The van der Waals surface area contributed by atoms with Gasteiger partial charge in [0, 0.05) is 12.6 Å². The first kappa shape index (κ1) is 15.4. The molecule has 1 N–H and O–H groups in total. The Morgan fingerprint density at radius 2 is 2.22 bits per heavy atom. The van der Waals surface area contributed by atoms with Gasteiger partial charge in [-0.25, -0.2) is 0 Å². The van der Waals surface area contributed by atoms with Gasteiger partial charge in [-0.15, -0.1) is 0 Å². The molecule has 0 aliphatic carbocycles. The van der Waals surface area contributed by atoms with E-state index in [1.54, 1.807) is 0 Å². The van der Waals surface area contributed by atoms with Crippen LogP contribution in [0.25, 0.3) is 0 Å². The highest BCUT2D eigenvalue weighted by Crippen LogP contribution is 2.11. The molecule has 2 unspecified atom stereocenters. The highest BCUT2D eigenvalue weighted by Gasteiger charge is 2.25. The van der Waals surface area contributed by atoms with Crippen LogP contribution in [0.2, 0.25) is 0 Å². The van der Waals surface area contributed by atoms with Gasteiger partial charge in [0.15, 0.2) is 0 Å². The molecular formula is C14H28N2O2. The van der Waals surface area contributed by atoms with Crippen molar-refractivity contribution in [2.45, 2.75) is 58.5 Å². The lowest BCUT2D eigenvalue weighted by molar-refractivity contribution is -0.149. The minimum Gasteiger partial charge on any atom is -0.465 e. The number of esters is 1. The summed E-state index contributed by atoms with van der Waals surface area (Å²) >= 11 is 0. The van der Waals surface area contributed by atoms with Crippen molar-refractivity contribution in [1.29, 1.82) is 0 Å². The van der Waals surface area contributed by atoms with Crippen molar-refractivity contribution in [3.63, 3.8) is 0 Å². The second-order valence-electron chi connectivity index (χ2n) is 5.07. The zero-order chi connectivity index (χ0) is 13.4. The van der Waals surface area contributed by atoms with Crippen molar-refractivity contribution >= 4 is 5.97 Å². The third-order valence-electron chi connectivity index (χ3n) is 3.55. The Morgan fingerprint density at radius 3 is 2.78 bits per heavy atom. The lowest BCUT2D eigenvalue weighted by Crippen LogP contribution is -2.49. The van der Waals surface area contributed by atoms with Crippen LogP contribution >= 0.6 is 0 Å². The molecule has 106 valence electrons. The Balaban J connectivity index is 2.48. The van der Waals surface area contributed by atoms with Crippen molar-refractivity contribution in [3.05, 3.63) is 0 Å². The van der Waals surface area contributed by atoms with Gasteiger partial charge in [-0.3, -0.25) is 9.69 Å². The number of rotatable bonds is 7. The van der Waals surface area contributed by atoms with Gasteiger partial charge in [-0.05, 0) is 46.2 Å². The summed E-state index contributed by atoms with van der Waals surface area (Å²) in [4.78, 5) is 14.1. The molecule has 1 fully saturated rings. The van der Waals surface area contributed by atoms with Crippen LogP contribution in [-0.4, -0.2) is 49.2 Å². The third-order valence-corrected chi connectivity index (χ3v) is 3.55. The van der Waals surface area contributed by atoms with Gasteiger partial charge >= 0.3 is 5.97 Å². The van der Waals surface area contributed by atoms with Gasteiger partial charge < -0.3 is 10.1 Å². The van der Waals surface area contributed by atoms with Crippen molar-refractivity contribution in [2.24, 2.45) is 0 Å². The van der Waals surface area contributed by atoms with Crippen LogP contribution < -0.4 is 5.32 Å². The minimum atomic E-state index is -0.131. The van der Waals surface area contributed by atoms with E-state index in [1.165, 1.54) is 19.3 Å². The molecule has 0 bridgehead atoms. The zero-order valence-electron chi connectivity index (χ0n) is 12.1. The van der Waals surface area contributed by atoms with Crippen molar-refractivity contribution in [1.82, 2.24) is 10.2 Å². The molecule has 1 heterocycles. The van der Waals surface area contributed by atoms with Crippen LogP contribution in [0, 0.1) is 0 Å². The number of nitrogens with zero attached hydrogens (tertiary/aromatic N) is 1. The van der Waals surface area contributed by atoms with Gasteiger partial charge in [0.1, 0.15) is 6.04 Å². The second kappa shape index (κ2) is 8.48. The summed E-state index contributed by atoms with van der Waals surface area (Å²) in [6, 6.07) is 0.399. The Bertz CT molecular complexity index is 240. The molecule has 1 saturated heterocycles. The monoisotopic (exact) mass is 256 g/mol. The summed E-state index contributed by atoms with van der Waals surface area (Å²) in [6.07, 6.45) is 4.86. The first-order valence-corrected chi connectivity index (χ1v) is 7.33. The topological polar surface area (TPSA) is 41.6 Å². The summed E-state index contributed by atoms with van der Waals surface area (Å²) < 4.78 is 5.12. The third kappa shape index (κ3) is 4.94. The van der Waals surface area contributed by atoms with E-state index in [1.807, 2.05) is 13.8 Å². The lowest BCUT2D eigenvalue weighted by Gasteiger charge is -2.33. The first-order chi connectivity index (χ1) is 8.69. The van der Waals surface area contributed by atoms with Crippen LogP contribution in [0.4, 0.5) is 0 Å². The maximum atomic E-state index is 11.8. The number of nitrogens with one attached hydrogen (secondary N) is 1. The molecule has 4 nitrogen and oxygen atoms in total. The van der Waals surface area contributed by atoms with Gasteiger partial charge in [0.2, 0.25) is 0 Å². The van der Waals surface area contributed by atoms with Crippen molar-refractivity contribution < 1.29 is 9.53 Å². The van der Waals surface area contributed by atoms with Crippen LogP contribution in [0.15, 0.2) is 0 Å². The zero-order valence-corrected chi connectivity index (χ0v) is 12.1. The molecule has 1 aliphatic heterocycles. The highest BCUT2D eigenvalue weighted by atomic mass is 16.5. The predicted octanol–water partition coefficient (Wildman–Crippen LogP) is 1.79. The summed E-state index contributed by atoms with van der Waals surface area (Å²) in [5.74, 6) is -0.0956. The molecule has 2 atom stereocenters. The molecule has 0 aromatic heterocycles. The predicted molar refractivity (Wildman–Crippen MR) is 73.6 cm³/mol. The number of hydrogen-bond acceptors (Lipinski definition) is 4. The maximum absolute atomic E-state index is 11.8. The smallest absolute Gasteiger partial charge is 0.323 e. The summed E-state index contributed by atoms with van der Waals surface area (Å²) in [6.45, 7) is 9.45. The van der Waals surface area contributed by atoms with E-state index in [-0.39, 0.29) is 12.0 Å². The number of piperidine rings is 1. The SMILES string of the molecule is CCCN(CC1CCCCN1)C(C)C(=O)OCC. The van der Waals surface area contributed by atoms with Crippen molar-refractivity contribution in [2.75, 3.05) is 26.2 Å². The number of hydrogen-bond donors (Lipinski definition) is 1. The Labute approximate surface area is 111 Å². The second-order valence-corrected chi connectivity index (χ2v) is 5.07. The van der Waals surface area contributed by atoms with Gasteiger partial charge in [-0.2, -0.15) is 0 Å². The van der Waals surface area contributed by atoms with Gasteiger partial charge in [0.25, 0.3) is 0 Å². The van der Waals surface area contributed by atoms with Crippen LogP contribution in [0.3, 0.4) is 0 Å². The molecule has 0 spiro atoms. The molecule has 0 amide bonds. The molecule has 1 aliphatic rings. The molecule has 0 radical (unpaired) electrons. The fraction of sp³-hybridized carbons (Fsp3) is 0.929. The minimum absolute atomic E-state index is 0.0956. The average molecular weight is 256 g/mol. The summed E-state index contributed by atoms with van der Waals surface area (Å²) in [7, 11) is 0. The van der Waals surface area contributed by atoms with E-state index in [9.17, 15) is 4.79 Å². The Kier molecular flexibility index (Phi) is 7.28. The average Bonchev–Trinajstić information content (AvgIpc) is 2.39.